The third-order valence-electron chi connectivity index (χ3n) is 11.7. The molecule has 0 saturated carbocycles. The molecule has 2 amide bonds. The molecular formula is C57H93FN8O6Ti. The number of aromatic nitrogens is 2. The van der Waals surface area contributed by atoms with Crippen molar-refractivity contribution in [2.45, 2.75) is 157 Å². The number of aliphatic hydroxyl groups excluding tert-OH is 4. The first-order valence-electron chi connectivity index (χ1n) is 26.0. The molecule has 4 saturated heterocycles. The van der Waals surface area contributed by atoms with E-state index in [9.17, 15) is 14.0 Å². The summed E-state index contributed by atoms with van der Waals surface area (Å²) >= 11 is 0. The Hall–Kier alpha value is -4.19. The number of anilines is 2. The molecule has 0 aliphatic carbocycles. The van der Waals surface area contributed by atoms with Crippen molar-refractivity contribution < 1.29 is 56.1 Å². The second kappa shape index (κ2) is 36.7. The van der Waals surface area contributed by atoms with E-state index in [0.717, 1.165) is 114 Å². The molecule has 408 valence electrons. The zero-order valence-electron chi connectivity index (χ0n) is 44.9. The average Bonchev–Trinajstić information content (AvgIpc) is 3.82. The summed E-state index contributed by atoms with van der Waals surface area (Å²) in [5.74, 6) is 0.305. The number of carbonyl (C=O) groups excluding carboxylic acids is 2. The Morgan fingerprint density at radius 3 is 1.48 bits per heavy atom. The number of nitrogens with one attached hydrogen (secondary N) is 1. The van der Waals surface area contributed by atoms with Gasteiger partial charge in [-0.3, -0.25) is 14.5 Å². The summed E-state index contributed by atoms with van der Waals surface area (Å²) in [6.45, 7) is 25.1. The van der Waals surface area contributed by atoms with Gasteiger partial charge in [-0.2, -0.15) is 0 Å². The molecule has 4 fully saturated rings. The van der Waals surface area contributed by atoms with Crippen LogP contribution in [0.15, 0.2) is 97.5 Å². The monoisotopic (exact) mass is 1050 g/mol. The normalized spacial score (nSPS) is 18.1. The maximum atomic E-state index is 13.7. The van der Waals surface area contributed by atoms with Gasteiger partial charge in [0.05, 0.1) is 18.1 Å². The summed E-state index contributed by atoms with van der Waals surface area (Å²) in [6, 6.07) is 27.1. The Bertz CT molecular complexity index is 1980. The second-order valence-electron chi connectivity index (χ2n) is 19.7. The van der Waals surface area contributed by atoms with E-state index in [0.29, 0.717) is 12.5 Å². The van der Waals surface area contributed by atoms with E-state index in [1.54, 1.807) is 55.4 Å². The number of aliphatic hydroxyl groups is 4. The third kappa shape index (κ3) is 25.3. The number of piperidine rings is 2. The zero-order valence-corrected chi connectivity index (χ0v) is 46.5. The molecule has 16 heteroatoms. The van der Waals surface area contributed by atoms with E-state index < -0.39 is 0 Å². The fraction of sp³-hybridized carbons (Fsp3) is 0.596. The van der Waals surface area contributed by atoms with Gasteiger partial charge in [0.15, 0.2) is 0 Å². The Labute approximate surface area is 453 Å². The van der Waals surface area contributed by atoms with Crippen LogP contribution in [0.3, 0.4) is 0 Å². The maximum Gasteiger partial charge on any atom is 0.246 e. The van der Waals surface area contributed by atoms with Crippen LogP contribution in [0.4, 0.5) is 15.8 Å². The summed E-state index contributed by atoms with van der Waals surface area (Å²) in [5, 5.41) is 35.6. The quantitative estimate of drug-likeness (QED) is 0.109. The van der Waals surface area contributed by atoms with Gasteiger partial charge in [-0.25, -0.2) is 9.37 Å². The molecular weight excluding hydrogens is 960 g/mol. The molecule has 5 N–H and O–H groups in total. The predicted molar refractivity (Wildman–Crippen MR) is 293 cm³/mol. The molecule has 3 aromatic carbocycles. The number of rotatable bonds is 8. The number of benzene rings is 3. The molecule has 14 nitrogen and oxygen atoms in total. The van der Waals surface area contributed by atoms with Crippen molar-refractivity contribution in [3.63, 3.8) is 0 Å². The van der Waals surface area contributed by atoms with Gasteiger partial charge < -0.3 is 49.9 Å². The SMILES string of the molecule is C.CC(C)O.CC(C)O.CC(C)O.CC(C)O.C[C@H](c1ccc(F)cc1)n1cncc1CN1CCN(c2ccccc2)[C@H](C(=O)N2CCCCC2)C1.O=C([C@@H]1CNCCN1c1ccccc1)N1CCCCC1.[Ti]. The van der Waals surface area contributed by atoms with Crippen molar-refractivity contribution in [3.8, 4) is 0 Å². The fourth-order valence-corrected chi connectivity index (χ4v) is 8.56. The van der Waals surface area contributed by atoms with E-state index in [1.165, 1.54) is 25.0 Å². The fourth-order valence-electron chi connectivity index (χ4n) is 8.56. The number of hydrogen-bond acceptors (Lipinski definition) is 11. The van der Waals surface area contributed by atoms with Gasteiger partial charge in [-0.1, -0.05) is 56.0 Å². The molecule has 0 bridgehead atoms. The van der Waals surface area contributed by atoms with Crippen molar-refractivity contribution in [1.82, 2.24) is 29.6 Å². The number of amides is 2. The van der Waals surface area contributed by atoms with Crippen LogP contribution < -0.4 is 15.1 Å². The molecule has 0 spiro atoms. The standard InChI is InChI=1S/C28H34FN5O.C16H23N3O.4C3H8O.CH4.Ti/c1-22(23-10-12-24(29)13-11-23)34-21-30-18-26(34)19-31-16-17-33(25-8-4-2-5-9-25)27(20-31)28(35)32-14-6-3-7-15-32;20-16(18-10-5-2-6-11-18)15-13-17-9-12-19(15)14-7-3-1-4-8-14;4*1-3(2)4;;/h2,4-5,8-13,18,21-22,27H,3,6-7,14-17,19-20H2,1H3;1,3-4,7-8,15,17H,2,5-6,9-13H2;4*3-4H,1-2H3;1H4;/t22-,27+;15-;;;;;;/m10....../s1. The van der Waals surface area contributed by atoms with Gasteiger partial charge in [0.2, 0.25) is 11.8 Å². The molecule has 1 aromatic heterocycles. The van der Waals surface area contributed by atoms with Gasteiger partial charge in [0.25, 0.3) is 0 Å². The molecule has 0 radical (unpaired) electrons. The number of carbonyl (C=O) groups is 2. The first kappa shape index (κ1) is 66.8. The van der Waals surface area contributed by atoms with E-state index in [-0.39, 0.29) is 83.4 Å². The smallest absolute Gasteiger partial charge is 0.246 e. The van der Waals surface area contributed by atoms with Crippen molar-refractivity contribution >= 4 is 23.2 Å². The zero-order chi connectivity index (χ0) is 52.3. The van der Waals surface area contributed by atoms with Gasteiger partial charge in [-0.05, 0) is 143 Å². The van der Waals surface area contributed by atoms with Gasteiger partial charge >= 0.3 is 0 Å². The van der Waals surface area contributed by atoms with Gasteiger partial charge in [0.1, 0.15) is 17.9 Å². The topological polar surface area (TPSA) is 161 Å². The van der Waals surface area contributed by atoms with E-state index >= 15 is 0 Å². The number of piperazine rings is 2. The van der Waals surface area contributed by atoms with Gasteiger partial charge in [0, 0.05) is 136 Å². The van der Waals surface area contributed by atoms with E-state index in [1.807, 2.05) is 61.1 Å². The number of likely N-dealkylation sites (tertiary alicyclic amines) is 2. The van der Waals surface area contributed by atoms with E-state index in [4.69, 9.17) is 20.4 Å². The molecule has 4 aliphatic heterocycles. The first-order chi connectivity index (χ1) is 33.9. The summed E-state index contributed by atoms with van der Waals surface area (Å²) < 4.78 is 15.6. The molecule has 4 aliphatic rings. The van der Waals surface area contributed by atoms with Crippen LogP contribution in [0.1, 0.15) is 126 Å². The largest absolute Gasteiger partial charge is 0.394 e. The number of imidazole rings is 1. The van der Waals surface area contributed by atoms with E-state index in [2.05, 4.69) is 70.6 Å². The van der Waals surface area contributed by atoms with Crippen LogP contribution in [0.2, 0.25) is 0 Å². The number of halogens is 1. The minimum Gasteiger partial charge on any atom is -0.394 e. The van der Waals surface area contributed by atoms with Crippen molar-refractivity contribution in [2.24, 2.45) is 0 Å². The summed E-state index contributed by atoms with van der Waals surface area (Å²) in [4.78, 5) is 41.9. The molecule has 0 unspecified atom stereocenters. The van der Waals surface area contributed by atoms with Crippen LogP contribution >= 0.6 is 0 Å². The minimum absolute atomic E-state index is 0. The third-order valence-corrected chi connectivity index (χ3v) is 11.7. The molecule has 8 rings (SSSR count). The second-order valence-corrected chi connectivity index (χ2v) is 19.7. The number of para-hydroxylation sites is 2. The minimum atomic E-state index is -0.229. The van der Waals surface area contributed by atoms with Crippen molar-refractivity contribution in [3.05, 3.63) is 115 Å². The summed E-state index contributed by atoms with van der Waals surface area (Å²) in [5.41, 5.74) is 4.40. The predicted octanol–water partition coefficient (Wildman–Crippen LogP) is 7.99. The number of nitrogens with zero attached hydrogens (tertiary/aromatic N) is 7. The Morgan fingerprint density at radius 1 is 0.603 bits per heavy atom. The van der Waals surface area contributed by atoms with Crippen LogP contribution in [0, 0.1) is 5.82 Å². The average molecular weight is 1050 g/mol. The maximum absolute atomic E-state index is 13.7. The van der Waals surface area contributed by atoms with Crippen LogP contribution in [-0.4, -0.2) is 158 Å². The van der Waals surface area contributed by atoms with Crippen molar-refractivity contribution in [1.29, 1.82) is 0 Å². The molecule has 3 atom stereocenters. The van der Waals surface area contributed by atoms with Crippen molar-refractivity contribution in [2.75, 3.05) is 75.2 Å². The Kier molecular flexibility index (Phi) is 33.6. The first-order valence-corrected chi connectivity index (χ1v) is 26.0. The molecule has 5 heterocycles. The summed E-state index contributed by atoms with van der Waals surface area (Å²) in [7, 11) is 0. The van der Waals surface area contributed by atoms with Crippen LogP contribution in [0.5, 0.6) is 0 Å². The Balaban J connectivity index is 0.000000590. The Morgan fingerprint density at radius 2 is 1.03 bits per heavy atom. The summed E-state index contributed by atoms with van der Waals surface area (Å²) in [6.07, 6.45) is 10.0. The van der Waals surface area contributed by atoms with Crippen LogP contribution in [0.25, 0.3) is 0 Å². The van der Waals surface area contributed by atoms with Gasteiger partial charge in [-0.15, -0.1) is 0 Å². The molecule has 4 aromatic rings. The number of hydrogen-bond donors (Lipinski definition) is 5. The molecule has 73 heavy (non-hydrogen) atoms. The van der Waals surface area contributed by atoms with Crippen LogP contribution in [-0.2, 0) is 37.9 Å².